The van der Waals surface area contributed by atoms with E-state index in [4.69, 9.17) is 0 Å². The molecule has 0 amide bonds. The molecule has 3 rings (SSSR count). The summed E-state index contributed by atoms with van der Waals surface area (Å²) in [6.07, 6.45) is 9.11. The molecule has 74 valence electrons. The highest BCUT2D eigenvalue weighted by Gasteiger charge is 2.56. The van der Waals surface area contributed by atoms with Crippen LogP contribution in [0.15, 0.2) is 0 Å². The molecule has 3 saturated carbocycles. The lowest BCUT2D eigenvalue weighted by Crippen LogP contribution is -2.30. The Morgan fingerprint density at radius 2 is 1.62 bits per heavy atom. The van der Waals surface area contributed by atoms with Crippen molar-refractivity contribution in [2.75, 3.05) is 7.05 Å². The zero-order valence-corrected chi connectivity index (χ0v) is 8.63. The molecule has 0 heterocycles. The Balaban J connectivity index is 1.65. The summed E-state index contributed by atoms with van der Waals surface area (Å²) in [5, 5.41) is 3.58. The summed E-state index contributed by atoms with van der Waals surface area (Å²) in [6.45, 7) is 0. The van der Waals surface area contributed by atoms with Crippen LogP contribution in [0.5, 0.6) is 0 Å². The van der Waals surface area contributed by atoms with Gasteiger partial charge >= 0.3 is 0 Å². The van der Waals surface area contributed by atoms with Gasteiger partial charge in [-0.3, -0.25) is 0 Å². The van der Waals surface area contributed by atoms with Crippen molar-refractivity contribution in [2.24, 2.45) is 23.7 Å². The van der Waals surface area contributed by atoms with E-state index in [1.165, 1.54) is 25.7 Å². The molecule has 1 N–H and O–H groups in total. The van der Waals surface area contributed by atoms with E-state index in [2.05, 4.69) is 12.4 Å². The molecule has 0 aliphatic heterocycles. The fraction of sp³-hybridized carbons (Fsp3) is 1.00. The standard InChI is InChI=1S/C12H21N/c1-13-12(8-6-7-8)11-9-4-2-3-5-10(9)11/h8-13H,2-7H2,1H3. The predicted octanol–water partition coefficient (Wildman–Crippen LogP) is 2.42. The minimum atomic E-state index is 0.896. The van der Waals surface area contributed by atoms with Crippen LogP contribution in [0.3, 0.4) is 0 Å². The zero-order chi connectivity index (χ0) is 8.84. The molecule has 3 aliphatic carbocycles. The van der Waals surface area contributed by atoms with Gasteiger partial charge in [-0.05, 0) is 56.4 Å². The van der Waals surface area contributed by atoms with Gasteiger partial charge in [-0.2, -0.15) is 0 Å². The highest BCUT2D eigenvalue weighted by atomic mass is 14.9. The summed E-state index contributed by atoms with van der Waals surface area (Å²) >= 11 is 0. The van der Waals surface area contributed by atoms with Crippen LogP contribution in [0.2, 0.25) is 0 Å². The number of hydrogen-bond donors (Lipinski definition) is 1. The van der Waals surface area contributed by atoms with E-state index in [1.807, 2.05) is 0 Å². The number of fused-ring (bicyclic) bond motifs is 1. The lowest BCUT2D eigenvalue weighted by molar-refractivity contribution is 0.417. The molecule has 0 aromatic carbocycles. The highest BCUT2D eigenvalue weighted by Crippen LogP contribution is 2.59. The molecular weight excluding hydrogens is 158 g/mol. The maximum Gasteiger partial charge on any atom is 0.0126 e. The quantitative estimate of drug-likeness (QED) is 0.701. The van der Waals surface area contributed by atoms with Gasteiger partial charge in [0.1, 0.15) is 0 Å². The largest absolute Gasteiger partial charge is 0.316 e. The van der Waals surface area contributed by atoms with Gasteiger partial charge in [0.25, 0.3) is 0 Å². The molecule has 3 atom stereocenters. The van der Waals surface area contributed by atoms with Gasteiger partial charge in [-0.1, -0.05) is 12.8 Å². The fourth-order valence-corrected chi connectivity index (χ4v) is 3.78. The molecule has 3 fully saturated rings. The number of nitrogens with one attached hydrogen (secondary N) is 1. The summed E-state index contributed by atoms with van der Waals surface area (Å²) in [6, 6.07) is 0.896. The third-order valence-corrected chi connectivity index (χ3v) is 4.60. The van der Waals surface area contributed by atoms with Crippen LogP contribution in [-0.2, 0) is 0 Å². The van der Waals surface area contributed by atoms with Gasteiger partial charge in [0.2, 0.25) is 0 Å². The molecule has 3 aliphatic rings. The molecule has 0 bridgehead atoms. The topological polar surface area (TPSA) is 12.0 Å². The summed E-state index contributed by atoms with van der Waals surface area (Å²) in [7, 11) is 2.17. The first kappa shape index (κ1) is 8.28. The van der Waals surface area contributed by atoms with Crippen LogP contribution >= 0.6 is 0 Å². The Morgan fingerprint density at radius 1 is 1.00 bits per heavy atom. The third kappa shape index (κ3) is 1.32. The maximum atomic E-state index is 3.58. The van der Waals surface area contributed by atoms with Crippen molar-refractivity contribution in [1.29, 1.82) is 0 Å². The summed E-state index contributed by atoms with van der Waals surface area (Å²) in [5.74, 6) is 4.40. The van der Waals surface area contributed by atoms with Crippen molar-refractivity contribution in [3.63, 3.8) is 0 Å². The van der Waals surface area contributed by atoms with Crippen molar-refractivity contribution in [2.45, 2.75) is 44.6 Å². The second kappa shape index (κ2) is 2.98. The molecule has 1 heteroatoms. The van der Waals surface area contributed by atoms with Crippen LogP contribution in [-0.4, -0.2) is 13.1 Å². The van der Waals surface area contributed by atoms with Gasteiger partial charge in [0.05, 0.1) is 0 Å². The van der Waals surface area contributed by atoms with Crippen LogP contribution in [0, 0.1) is 23.7 Å². The molecule has 0 aromatic heterocycles. The normalized spacial score (nSPS) is 45.5. The minimum Gasteiger partial charge on any atom is -0.316 e. The Bertz CT molecular complexity index is 185. The molecule has 13 heavy (non-hydrogen) atoms. The van der Waals surface area contributed by atoms with E-state index in [0.29, 0.717) is 0 Å². The van der Waals surface area contributed by atoms with Gasteiger partial charge in [-0.15, -0.1) is 0 Å². The van der Waals surface area contributed by atoms with Gasteiger partial charge < -0.3 is 5.32 Å². The number of hydrogen-bond acceptors (Lipinski definition) is 1. The molecule has 0 spiro atoms. The first-order chi connectivity index (χ1) is 6.42. The van der Waals surface area contributed by atoms with E-state index in [9.17, 15) is 0 Å². The first-order valence-electron chi connectivity index (χ1n) is 6.09. The Labute approximate surface area is 81.3 Å². The zero-order valence-electron chi connectivity index (χ0n) is 8.63. The Morgan fingerprint density at radius 3 is 2.08 bits per heavy atom. The van der Waals surface area contributed by atoms with Crippen molar-refractivity contribution in [3.05, 3.63) is 0 Å². The van der Waals surface area contributed by atoms with Gasteiger partial charge in [0.15, 0.2) is 0 Å². The smallest absolute Gasteiger partial charge is 0.0126 e. The minimum absolute atomic E-state index is 0.896. The lowest BCUT2D eigenvalue weighted by atomic mass is 10.0. The van der Waals surface area contributed by atoms with Crippen LogP contribution in [0.25, 0.3) is 0 Å². The average Bonchev–Trinajstić information content (AvgIpc) is 3.02. The average molecular weight is 179 g/mol. The number of rotatable bonds is 3. The molecule has 0 saturated heterocycles. The third-order valence-electron chi connectivity index (χ3n) is 4.60. The SMILES string of the molecule is CNC(C1CC1)C1C2CCCCC21. The summed E-state index contributed by atoms with van der Waals surface area (Å²) in [4.78, 5) is 0. The second-order valence-corrected chi connectivity index (χ2v) is 5.34. The van der Waals surface area contributed by atoms with Crippen molar-refractivity contribution < 1.29 is 0 Å². The summed E-state index contributed by atoms with van der Waals surface area (Å²) in [5.41, 5.74) is 0. The summed E-state index contributed by atoms with van der Waals surface area (Å²) < 4.78 is 0. The maximum absolute atomic E-state index is 3.58. The lowest BCUT2D eigenvalue weighted by Gasteiger charge is -2.14. The Hall–Kier alpha value is -0.0400. The molecule has 1 nitrogen and oxygen atoms in total. The van der Waals surface area contributed by atoms with E-state index in [0.717, 1.165) is 29.7 Å². The van der Waals surface area contributed by atoms with E-state index in [1.54, 1.807) is 12.8 Å². The van der Waals surface area contributed by atoms with Crippen LogP contribution < -0.4 is 5.32 Å². The monoisotopic (exact) mass is 179 g/mol. The molecule has 0 aromatic rings. The molecular formula is C12H21N. The van der Waals surface area contributed by atoms with Gasteiger partial charge in [0, 0.05) is 6.04 Å². The molecule has 3 unspecified atom stereocenters. The van der Waals surface area contributed by atoms with Crippen molar-refractivity contribution in [1.82, 2.24) is 5.32 Å². The fourth-order valence-electron chi connectivity index (χ4n) is 3.78. The Kier molecular flexibility index (Phi) is 1.90. The van der Waals surface area contributed by atoms with E-state index >= 15 is 0 Å². The van der Waals surface area contributed by atoms with Crippen LogP contribution in [0.1, 0.15) is 38.5 Å². The van der Waals surface area contributed by atoms with Gasteiger partial charge in [-0.25, -0.2) is 0 Å². The predicted molar refractivity (Wildman–Crippen MR) is 54.5 cm³/mol. The van der Waals surface area contributed by atoms with Crippen molar-refractivity contribution >= 4 is 0 Å². The molecule has 0 radical (unpaired) electrons. The first-order valence-corrected chi connectivity index (χ1v) is 6.09. The highest BCUT2D eigenvalue weighted by molar-refractivity contribution is 5.07. The van der Waals surface area contributed by atoms with E-state index < -0.39 is 0 Å². The van der Waals surface area contributed by atoms with Crippen molar-refractivity contribution in [3.8, 4) is 0 Å². The second-order valence-electron chi connectivity index (χ2n) is 5.34. The van der Waals surface area contributed by atoms with E-state index in [-0.39, 0.29) is 0 Å². The van der Waals surface area contributed by atoms with Crippen LogP contribution in [0.4, 0.5) is 0 Å².